The largest absolute Gasteiger partial charge is 0.349 e. The Labute approximate surface area is 166 Å². The van der Waals surface area contributed by atoms with E-state index in [1.807, 2.05) is 0 Å². The van der Waals surface area contributed by atoms with E-state index in [0.717, 1.165) is 19.3 Å². The number of carbonyl (C=O) groups is 4. The van der Waals surface area contributed by atoms with Crippen molar-refractivity contribution in [3.05, 3.63) is 0 Å². The summed E-state index contributed by atoms with van der Waals surface area (Å²) in [7, 11) is 0. The number of rotatable bonds is 7. The van der Waals surface area contributed by atoms with Gasteiger partial charge in [0.15, 0.2) is 0 Å². The van der Waals surface area contributed by atoms with Crippen molar-refractivity contribution in [2.45, 2.75) is 64.8 Å². The molecule has 0 heterocycles. The van der Waals surface area contributed by atoms with Gasteiger partial charge in [-0.15, -0.1) is 0 Å². The van der Waals surface area contributed by atoms with Crippen molar-refractivity contribution in [2.75, 3.05) is 19.6 Å². The predicted molar refractivity (Wildman–Crippen MR) is 103 cm³/mol. The van der Waals surface area contributed by atoms with Crippen LogP contribution in [0.4, 0.5) is 0 Å². The maximum absolute atomic E-state index is 12.5. The molecule has 4 N–H and O–H groups in total. The zero-order chi connectivity index (χ0) is 20.6. The summed E-state index contributed by atoms with van der Waals surface area (Å²) in [6, 6.07) is 0. The van der Waals surface area contributed by atoms with E-state index in [-0.39, 0.29) is 37.0 Å². The third-order valence-corrected chi connectivity index (χ3v) is 6.42. The van der Waals surface area contributed by atoms with Crippen molar-refractivity contribution in [3.63, 3.8) is 0 Å². The Morgan fingerprint density at radius 3 is 1.75 bits per heavy atom. The van der Waals surface area contributed by atoms with Gasteiger partial charge in [-0.25, -0.2) is 0 Å². The number of hydrogen-bond donors (Lipinski definition) is 4. The predicted octanol–water partition coefficient (Wildman–Crippen LogP) is 0.220. The first-order valence-electron chi connectivity index (χ1n) is 10.1. The molecule has 0 aromatic rings. The molecule has 2 unspecified atom stereocenters. The highest BCUT2D eigenvalue weighted by atomic mass is 16.2. The van der Waals surface area contributed by atoms with Crippen molar-refractivity contribution < 1.29 is 19.2 Å². The second kappa shape index (κ2) is 7.37. The van der Waals surface area contributed by atoms with Gasteiger partial charge in [0.25, 0.3) is 0 Å². The fourth-order valence-electron chi connectivity index (χ4n) is 6.61. The number of nitrogens with one attached hydrogen (secondary N) is 4. The summed E-state index contributed by atoms with van der Waals surface area (Å²) in [5.41, 5.74) is 0.475. The molecule has 4 amide bonds. The molecule has 156 valence electrons. The zero-order valence-corrected chi connectivity index (χ0v) is 17.1. The van der Waals surface area contributed by atoms with Gasteiger partial charge in [-0.05, 0) is 55.3 Å². The van der Waals surface area contributed by atoms with E-state index in [4.69, 9.17) is 0 Å². The minimum absolute atomic E-state index is 0.0970. The van der Waals surface area contributed by atoms with E-state index in [1.165, 1.54) is 26.2 Å². The molecule has 0 saturated heterocycles. The maximum atomic E-state index is 12.5. The van der Waals surface area contributed by atoms with Gasteiger partial charge in [0.05, 0.1) is 19.6 Å². The molecule has 0 aromatic carbocycles. The molecule has 2 atom stereocenters. The molecule has 4 rings (SSSR count). The van der Waals surface area contributed by atoms with Gasteiger partial charge in [0.1, 0.15) is 0 Å². The highest BCUT2D eigenvalue weighted by molar-refractivity contribution is 5.89. The monoisotopic (exact) mass is 392 g/mol. The number of amides is 4. The van der Waals surface area contributed by atoms with E-state index in [1.54, 1.807) is 0 Å². The molecular formula is C20H32N4O4. The Morgan fingerprint density at radius 1 is 0.750 bits per heavy atom. The van der Waals surface area contributed by atoms with Crippen LogP contribution in [0.25, 0.3) is 0 Å². The first kappa shape index (κ1) is 20.6. The van der Waals surface area contributed by atoms with Gasteiger partial charge in [-0.1, -0.05) is 13.8 Å². The Bertz CT molecular complexity index is 674. The van der Waals surface area contributed by atoms with E-state index >= 15 is 0 Å². The summed E-state index contributed by atoms with van der Waals surface area (Å²) in [5, 5.41) is 10.5. The van der Waals surface area contributed by atoms with Crippen LogP contribution >= 0.6 is 0 Å². The van der Waals surface area contributed by atoms with E-state index in [0.29, 0.717) is 16.7 Å². The van der Waals surface area contributed by atoms with Crippen molar-refractivity contribution >= 4 is 23.6 Å². The van der Waals surface area contributed by atoms with E-state index < -0.39 is 11.8 Å². The van der Waals surface area contributed by atoms with Crippen LogP contribution in [0, 0.1) is 16.7 Å². The van der Waals surface area contributed by atoms with Crippen LogP contribution in [-0.2, 0) is 19.2 Å². The summed E-state index contributed by atoms with van der Waals surface area (Å²) in [5.74, 6) is -0.698. The molecule has 0 spiro atoms. The molecule has 0 radical (unpaired) electrons. The van der Waals surface area contributed by atoms with E-state index in [2.05, 4.69) is 35.1 Å². The second-order valence-electron chi connectivity index (χ2n) is 9.92. The molecule has 0 aromatic heterocycles. The molecular weight excluding hydrogens is 360 g/mol. The average Bonchev–Trinajstić information content (AvgIpc) is 2.52. The average molecular weight is 393 g/mol. The fourth-order valence-corrected chi connectivity index (χ4v) is 6.61. The SMILES string of the molecule is CC(=O)NCC(=O)NCC(=O)NCC(=O)NC12CC3CC(C)(CC(C)(C3)C1)C2. The van der Waals surface area contributed by atoms with Crippen LogP contribution in [0.1, 0.15) is 59.3 Å². The van der Waals surface area contributed by atoms with E-state index in [9.17, 15) is 19.2 Å². The minimum atomic E-state index is -0.454. The summed E-state index contributed by atoms with van der Waals surface area (Å²) in [6.07, 6.45) is 6.83. The van der Waals surface area contributed by atoms with Crippen LogP contribution in [0.15, 0.2) is 0 Å². The molecule has 8 nitrogen and oxygen atoms in total. The first-order chi connectivity index (χ1) is 13.0. The van der Waals surface area contributed by atoms with Crippen molar-refractivity contribution in [1.82, 2.24) is 21.3 Å². The molecule has 4 fully saturated rings. The molecule has 8 heteroatoms. The Morgan fingerprint density at radius 2 is 1.25 bits per heavy atom. The number of carbonyl (C=O) groups excluding carboxylic acids is 4. The number of hydrogen-bond acceptors (Lipinski definition) is 4. The lowest BCUT2D eigenvalue weighted by molar-refractivity contribution is -0.140. The summed E-state index contributed by atoms with van der Waals surface area (Å²) in [6.45, 7) is 5.51. The molecule has 4 bridgehead atoms. The lowest BCUT2D eigenvalue weighted by atomic mass is 9.43. The summed E-state index contributed by atoms with van der Waals surface area (Å²) >= 11 is 0. The third kappa shape index (κ3) is 4.83. The van der Waals surface area contributed by atoms with Crippen molar-refractivity contribution in [1.29, 1.82) is 0 Å². The van der Waals surface area contributed by atoms with Crippen LogP contribution in [0.2, 0.25) is 0 Å². The smallest absolute Gasteiger partial charge is 0.239 e. The molecule has 4 aliphatic carbocycles. The molecule has 4 saturated carbocycles. The quantitative estimate of drug-likeness (QED) is 0.496. The molecule has 4 aliphatic rings. The van der Waals surface area contributed by atoms with Gasteiger partial charge in [-0.3, -0.25) is 19.2 Å². The van der Waals surface area contributed by atoms with Gasteiger partial charge in [0, 0.05) is 12.5 Å². The van der Waals surface area contributed by atoms with Crippen LogP contribution in [0.3, 0.4) is 0 Å². The lowest BCUT2D eigenvalue weighted by Gasteiger charge is -2.65. The maximum Gasteiger partial charge on any atom is 0.239 e. The van der Waals surface area contributed by atoms with Crippen molar-refractivity contribution in [3.8, 4) is 0 Å². The highest BCUT2D eigenvalue weighted by Crippen LogP contribution is 2.66. The van der Waals surface area contributed by atoms with Crippen LogP contribution < -0.4 is 21.3 Å². The third-order valence-electron chi connectivity index (χ3n) is 6.42. The van der Waals surface area contributed by atoms with Gasteiger partial charge >= 0.3 is 0 Å². The van der Waals surface area contributed by atoms with Crippen LogP contribution in [0.5, 0.6) is 0 Å². The second-order valence-corrected chi connectivity index (χ2v) is 9.92. The highest BCUT2D eigenvalue weighted by Gasteiger charge is 2.60. The minimum Gasteiger partial charge on any atom is -0.349 e. The Hall–Kier alpha value is -2.12. The van der Waals surface area contributed by atoms with Gasteiger partial charge in [0.2, 0.25) is 23.6 Å². The molecule has 28 heavy (non-hydrogen) atoms. The standard InChI is InChI=1S/C20H32N4O4/c1-13(25)21-7-15(26)22-8-16(27)23-9-17(28)24-20-6-14-4-18(2,11-20)10-19(3,5-14)12-20/h14H,4-12H2,1-3H3,(H,21,25)(H,22,26)(H,23,27)(H,24,28). The van der Waals surface area contributed by atoms with Gasteiger partial charge in [-0.2, -0.15) is 0 Å². The topological polar surface area (TPSA) is 116 Å². The fraction of sp³-hybridized carbons (Fsp3) is 0.800. The van der Waals surface area contributed by atoms with Gasteiger partial charge < -0.3 is 21.3 Å². The Balaban J connectivity index is 1.43. The molecule has 0 aliphatic heterocycles. The van der Waals surface area contributed by atoms with Crippen molar-refractivity contribution in [2.24, 2.45) is 16.7 Å². The summed E-state index contributed by atoms with van der Waals surface area (Å²) < 4.78 is 0. The zero-order valence-electron chi connectivity index (χ0n) is 17.1. The Kier molecular flexibility index (Phi) is 5.42. The lowest BCUT2D eigenvalue weighted by Crippen LogP contribution is -2.65. The normalized spacial score (nSPS) is 35.2. The summed E-state index contributed by atoms with van der Waals surface area (Å²) in [4.78, 5) is 46.6. The first-order valence-corrected chi connectivity index (χ1v) is 10.1. The van der Waals surface area contributed by atoms with Crippen LogP contribution in [-0.4, -0.2) is 48.8 Å².